The summed E-state index contributed by atoms with van der Waals surface area (Å²) >= 11 is 0. The van der Waals surface area contributed by atoms with Crippen LogP contribution in [0.15, 0.2) is 46.2 Å². The number of fused-ring (bicyclic) bond motifs is 1. The lowest BCUT2D eigenvalue weighted by molar-refractivity contribution is 0.538. The molecule has 1 aromatic carbocycles. The van der Waals surface area contributed by atoms with Crippen LogP contribution in [0.25, 0.3) is 0 Å². The zero-order valence-corrected chi connectivity index (χ0v) is 8.71. The van der Waals surface area contributed by atoms with E-state index in [9.17, 15) is 0 Å². The minimum Gasteiger partial charge on any atom is -0.431 e. The first-order valence-electron chi connectivity index (χ1n) is 5.22. The number of benzene rings is 1. The zero-order chi connectivity index (χ0) is 10.8. The Balaban J connectivity index is 1.91. The number of anilines is 1. The summed E-state index contributed by atoms with van der Waals surface area (Å²) in [7, 11) is 0. The number of hydrazone groups is 1. The Kier molecular flexibility index (Phi) is 2.18. The van der Waals surface area contributed by atoms with Crippen molar-refractivity contribution < 1.29 is 4.42 Å². The van der Waals surface area contributed by atoms with Gasteiger partial charge in [-0.1, -0.05) is 24.3 Å². The summed E-state index contributed by atoms with van der Waals surface area (Å²) in [5.74, 6) is 0. The van der Waals surface area contributed by atoms with Crippen LogP contribution in [0, 0.1) is 0 Å². The number of nitrogens with zero attached hydrogens (tertiary/aromatic N) is 3. The molecule has 0 radical (unpaired) electrons. The molecule has 16 heavy (non-hydrogen) atoms. The highest BCUT2D eigenvalue weighted by Crippen LogP contribution is 2.16. The minimum absolute atomic E-state index is 0.545. The lowest BCUT2D eigenvalue weighted by atomic mass is 10.1. The van der Waals surface area contributed by atoms with Crippen LogP contribution in [-0.4, -0.2) is 17.7 Å². The SMILES string of the molecule is C1=NN(c2ncco2)CCc2ccccc21. The molecule has 1 aromatic heterocycles. The topological polar surface area (TPSA) is 41.6 Å². The average molecular weight is 213 g/mol. The smallest absolute Gasteiger partial charge is 0.318 e. The third kappa shape index (κ3) is 1.58. The second-order valence-corrected chi connectivity index (χ2v) is 3.63. The second-order valence-electron chi connectivity index (χ2n) is 3.63. The van der Waals surface area contributed by atoms with Crippen molar-refractivity contribution >= 4 is 12.2 Å². The van der Waals surface area contributed by atoms with E-state index < -0.39 is 0 Å². The van der Waals surface area contributed by atoms with Gasteiger partial charge in [-0.2, -0.15) is 5.10 Å². The summed E-state index contributed by atoms with van der Waals surface area (Å²) in [5.41, 5.74) is 2.47. The van der Waals surface area contributed by atoms with E-state index in [0.717, 1.165) is 18.5 Å². The maximum atomic E-state index is 5.23. The van der Waals surface area contributed by atoms with Gasteiger partial charge in [0, 0.05) is 0 Å². The summed E-state index contributed by atoms with van der Waals surface area (Å²) in [6.45, 7) is 0.786. The first kappa shape index (κ1) is 9.15. The molecule has 1 aliphatic rings. The maximum Gasteiger partial charge on any atom is 0.318 e. The van der Waals surface area contributed by atoms with E-state index in [2.05, 4.69) is 22.2 Å². The zero-order valence-electron chi connectivity index (χ0n) is 8.71. The third-order valence-corrected chi connectivity index (χ3v) is 2.62. The van der Waals surface area contributed by atoms with Crippen LogP contribution in [0.3, 0.4) is 0 Å². The Bertz CT molecular complexity index is 505. The standard InChI is InChI=1S/C12H11N3O/c1-2-4-11-9-14-15(7-5-10(11)3-1)12-13-6-8-16-12/h1-4,6,8-9H,5,7H2. The van der Waals surface area contributed by atoms with E-state index in [0.29, 0.717) is 6.01 Å². The summed E-state index contributed by atoms with van der Waals surface area (Å²) < 4.78 is 5.23. The van der Waals surface area contributed by atoms with Crippen molar-refractivity contribution in [1.82, 2.24) is 4.98 Å². The van der Waals surface area contributed by atoms with Gasteiger partial charge in [0.05, 0.1) is 19.0 Å². The Morgan fingerprint density at radius 3 is 3.06 bits per heavy atom. The molecule has 0 spiro atoms. The Morgan fingerprint density at radius 2 is 2.19 bits per heavy atom. The molecule has 0 amide bonds. The Morgan fingerprint density at radius 1 is 1.25 bits per heavy atom. The molecule has 1 aliphatic heterocycles. The van der Waals surface area contributed by atoms with Gasteiger partial charge in [-0.3, -0.25) is 0 Å². The van der Waals surface area contributed by atoms with E-state index >= 15 is 0 Å². The van der Waals surface area contributed by atoms with Crippen molar-refractivity contribution in [3.63, 3.8) is 0 Å². The van der Waals surface area contributed by atoms with Crippen LogP contribution in [0.2, 0.25) is 0 Å². The average Bonchev–Trinajstić information content (AvgIpc) is 2.76. The summed E-state index contributed by atoms with van der Waals surface area (Å²) in [6.07, 6.45) is 5.98. The van der Waals surface area contributed by atoms with E-state index in [-0.39, 0.29) is 0 Å². The predicted molar refractivity (Wildman–Crippen MR) is 61.6 cm³/mol. The van der Waals surface area contributed by atoms with Crippen LogP contribution >= 0.6 is 0 Å². The van der Waals surface area contributed by atoms with Gasteiger partial charge < -0.3 is 4.42 Å². The monoisotopic (exact) mass is 213 g/mol. The van der Waals surface area contributed by atoms with E-state index in [1.165, 1.54) is 5.56 Å². The van der Waals surface area contributed by atoms with E-state index in [1.807, 2.05) is 18.3 Å². The molecule has 2 heterocycles. The molecule has 80 valence electrons. The molecular formula is C12H11N3O. The van der Waals surface area contributed by atoms with Gasteiger partial charge >= 0.3 is 6.01 Å². The summed E-state index contributed by atoms with van der Waals surface area (Å²) in [4.78, 5) is 4.09. The fourth-order valence-electron chi connectivity index (χ4n) is 1.79. The molecule has 0 N–H and O–H groups in total. The fraction of sp³-hybridized carbons (Fsp3) is 0.167. The lowest BCUT2D eigenvalue weighted by Gasteiger charge is -2.11. The molecule has 0 aliphatic carbocycles. The second kappa shape index (κ2) is 3.81. The van der Waals surface area contributed by atoms with Crippen molar-refractivity contribution in [2.75, 3.05) is 11.6 Å². The quantitative estimate of drug-likeness (QED) is 0.728. The third-order valence-electron chi connectivity index (χ3n) is 2.62. The first-order chi connectivity index (χ1) is 7.93. The van der Waals surface area contributed by atoms with Crippen LogP contribution in [0.5, 0.6) is 0 Å². The molecule has 0 unspecified atom stereocenters. The number of hydrogen-bond donors (Lipinski definition) is 0. The first-order valence-corrected chi connectivity index (χ1v) is 5.22. The van der Waals surface area contributed by atoms with Crippen LogP contribution < -0.4 is 5.01 Å². The fourth-order valence-corrected chi connectivity index (χ4v) is 1.79. The van der Waals surface area contributed by atoms with E-state index in [4.69, 9.17) is 4.42 Å². The molecular weight excluding hydrogens is 202 g/mol. The van der Waals surface area contributed by atoms with Gasteiger partial charge in [-0.25, -0.2) is 9.99 Å². The van der Waals surface area contributed by atoms with Crippen LogP contribution in [0.4, 0.5) is 6.01 Å². The summed E-state index contributed by atoms with van der Waals surface area (Å²) in [5, 5.41) is 6.14. The number of aromatic nitrogens is 1. The van der Waals surface area contributed by atoms with Crippen molar-refractivity contribution in [2.24, 2.45) is 5.10 Å². The summed E-state index contributed by atoms with van der Waals surface area (Å²) in [6, 6.07) is 8.81. The highest BCUT2D eigenvalue weighted by Gasteiger charge is 2.13. The largest absolute Gasteiger partial charge is 0.431 e. The lowest BCUT2D eigenvalue weighted by Crippen LogP contribution is -2.18. The normalized spacial score (nSPS) is 14.6. The van der Waals surface area contributed by atoms with Gasteiger partial charge in [0.2, 0.25) is 0 Å². The molecule has 0 atom stereocenters. The highest BCUT2D eigenvalue weighted by molar-refractivity contribution is 5.82. The number of rotatable bonds is 1. The predicted octanol–water partition coefficient (Wildman–Crippen LogP) is 2.07. The van der Waals surface area contributed by atoms with Crippen LogP contribution in [-0.2, 0) is 6.42 Å². The van der Waals surface area contributed by atoms with Crippen molar-refractivity contribution in [2.45, 2.75) is 6.42 Å². The van der Waals surface area contributed by atoms with Gasteiger partial charge in [-0.15, -0.1) is 0 Å². The molecule has 0 fully saturated rings. The molecule has 0 saturated carbocycles. The Hall–Kier alpha value is -2.10. The number of hydrogen-bond acceptors (Lipinski definition) is 4. The minimum atomic E-state index is 0.545. The molecule has 4 heteroatoms. The van der Waals surface area contributed by atoms with E-state index in [1.54, 1.807) is 17.5 Å². The van der Waals surface area contributed by atoms with Crippen molar-refractivity contribution in [3.8, 4) is 0 Å². The van der Waals surface area contributed by atoms with Gasteiger partial charge in [-0.05, 0) is 17.5 Å². The molecule has 4 nitrogen and oxygen atoms in total. The molecule has 0 saturated heterocycles. The van der Waals surface area contributed by atoms with Crippen molar-refractivity contribution in [3.05, 3.63) is 47.9 Å². The van der Waals surface area contributed by atoms with Crippen LogP contribution in [0.1, 0.15) is 11.1 Å². The highest BCUT2D eigenvalue weighted by atomic mass is 16.4. The molecule has 2 aromatic rings. The van der Waals surface area contributed by atoms with Gasteiger partial charge in [0.15, 0.2) is 0 Å². The number of oxazole rings is 1. The molecule has 0 bridgehead atoms. The molecule has 3 rings (SSSR count). The maximum absolute atomic E-state index is 5.23. The van der Waals surface area contributed by atoms with Gasteiger partial charge in [0.25, 0.3) is 0 Å². The van der Waals surface area contributed by atoms with Crippen molar-refractivity contribution in [1.29, 1.82) is 0 Å². The van der Waals surface area contributed by atoms with Gasteiger partial charge in [0.1, 0.15) is 6.26 Å². The Labute approximate surface area is 93.2 Å².